The molecular formula is C10H12S2. The van der Waals surface area contributed by atoms with Gasteiger partial charge in [0.1, 0.15) is 0 Å². The van der Waals surface area contributed by atoms with Crippen LogP contribution in [0.15, 0.2) is 30.3 Å². The van der Waals surface area contributed by atoms with Gasteiger partial charge in [0, 0.05) is 0 Å². The third-order valence-electron chi connectivity index (χ3n) is 1.76. The maximum absolute atomic E-state index is 8.29. The standard InChI is InChI=1S/C10H12S2/c1-2-5-9(6-3-1)10-11-7-4-8-12-10/h1-3,5-6,10H,4,7-8H2/i10D. The summed E-state index contributed by atoms with van der Waals surface area (Å²) in [6.45, 7) is 0. The molecule has 12 heavy (non-hydrogen) atoms. The van der Waals surface area contributed by atoms with Crippen LogP contribution in [0.5, 0.6) is 0 Å². The van der Waals surface area contributed by atoms with Crippen LogP contribution in [0.1, 0.15) is 17.9 Å². The molecule has 0 radical (unpaired) electrons. The molecule has 2 heteroatoms. The molecule has 0 bridgehead atoms. The van der Waals surface area contributed by atoms with Gasteiger partial charge in [-0.2, -0.15) is 0 Å². The number of hydrogen-bond acceptors (Lipinski definition) is 2. The first-order chi connectivity index (χ1) is 6.31. The predicted octanol–water partition coefficient (Wildman–Crippen LogP) is 3.56. The zero-order valence-electron chi connectivity index (χ0n) is 7.82. The van der Waals surface area contributed by atoms with E-state index in [9.17, 15) is 0 Å². The first kappa shape index (κ1) is 7.34. The van der Waals surface area contributed by atoms with Crippen molar-refractivity contribution in [1.82, 2.24) is 0 Å². The molecule has 0 amide bonds. The van der Waals surface area contributed by atoms with Gasteiger partial charge in [-0.15, -0.1) is 23.5 Å². The molecule has 0 N–H and O–H groups in total. The Balaban J connectivity index is 2.23. The van der Waals surface area contributed by atoms with E-state index in [2.05, 4.69) is 12.1 Å². The van der Waals surface area contributed by atoms with Gasteiger partial charge in [-0.05, 0) is 23.5 Å². The SMILES string of the molecule is [2H]C1(c2ccccc2)SCCCS1. The van der Waals surface area contributed by atoms with Gasteiger partial charge in [0.15, 0.2) is 0 Å². The molecule has 2 rings (SSSR count). The summed E-state index contributed by atoms with van der Waals surface area (Å²) in [6.07, 6.45) is 1.24. The lowest BCUT2D eigenvalue weighted by molar-refractivity contribution is 1.10. The Morgan fingerprint density at radius 3 is 2.50 bits per heavy atom. The lowest BCUT2D eigenvalue weighted by Gasteiger charge is -2.20. The van der Waals surface area contributed by atoms with Crippen LogP contribution >= 0.6 is 23.5 Å². The minimum atomic E-state index is -0.445. The van der Waals surface area contributed by atoms with Crippen molar-refractivity contribution in [3.8, 4) is 0 Å². The molecular weight excluding hydrogens is 184 g/mol. The Labute approximate surface area is 83.5 Å². The van der Waals surface area contributed by atoms with E-state index < -0.39 is 4.56 Å². The Morgan fingerprint density at radius 1 is 1.17 bits per heavy atom. The van der Waals surface area contributed by atoms with Gasteiger partial charge in [0.2, 0.25) is 0 Å². The molecule has 1 aliphatic heterocycles. The zero-order chi connectivity index (χ0) is 9.15. The van der Waals surface area contributed by atoms with Crippen molar-refractivity contribution in [2.45, 2.75) is 11.0 Å². The van der Waals surface area contributed by atoms with Crippen molar-refractivity contribution in [3.63, 3.8) is 0 Å². The van der Waals surface area contributed by atoms with E-state index in [-0.39, 0.29) is 0 Å². The smallest absolute Gasteiger partial charge is 0.0751 e. The van der Waals surface area contributed by atoms with Gasteiger partial charge in [-0.3, -0.25) is 0 Å². The van der Waals surface area contributed by atoms with Crippen molar-refractivity contribution >= 4 is 23.5 Å². The molecule has 1 saturated heterocycles. The number of thioether (sulfide) groups is 2. The molecule has 1 aromatic rings. The highest BCUT2D eigenvalue weighted by Gasteiger charge is 2.15. The monoisotopic (exact) mass is 197 g/mol. The van der Waals surface area contributed by atoms with Crippen LogP contribution in [0.25, 0.3) is 0 Å². The second kappa shape index (κ2) is 4.24. The van der Waals surface area contributed by atoms with E-state index in [1.807, 2.05) is 18.2 Å². The summed E-state index contributed by atoms with van der Waals surface area (Å²) < 4.78 is 7.84. The minimum absolute atomic E-state index is 0.445. The Morgan fingerprint density at radius 2 is 1.83 bits per heavy atom. The fraction of sp³-hybridized carbons (Fsp3) is 0.400. The number of rotatable bonds is 1. The summed E-state index contributed by atoms with van der Waals surface area (Å²) in [5.74, 6) is 2.23. The van der Waals surface area contributed by atoms with Crippen molar-refractivity contribution < 1.29 is 1.37 Å². The number of hydrogen-bond donors (Lipinski definition) is 0. The predicted molar refractivity (Wildman–Crippen MR) is 58.7 cm³/mol. The third-order valence-corrected chi connectivity index (χ3v) is 4.45. The lowest BCUT2D eigenvalue weighted by atomic mass is 10.2. The normalized spacial score (nSPS) is 23.2. The van der Waals surface area contributed by atoms with E-state index in [0.717, 1.165) is 17.1 Å². The summed E-state index contributed by atoms with van der Waals surface area (Å²) in [5, 5.41) is 0. The Hall–Kier alpha value is -0.0800. The van der Waals surface area contributed by atoms with Crippen LogP contribution in [0.4, 0.5) is 0 Å². The van der Waals surface area contributed by atoms with Crippen LogP contribution < -0.4 is 0 Å². The average Bonchev–Trinajstić information content (AvgIpc) is 2.20. The molecule has 1 heterocycles. The highest BCUT2D eigenvalue weighted by Crippen LogP contribution is 2.43. The molecule has 0 saturated carbocycles. The minimum Gasteiger partial charge on any atom is -0.143 e. The molecule has 0 aromatic heterocycles. The van der Waals surface area contributed by atoms with Crippen LogP contribution in [0, 0.1) is 0 Å². The molecule has 1 fully saturated rings. The van der Waals surface area contributed by atoms with E-state index >= 15 is 0 Å². The topological polar surface area (TPSA) is 0 Å². The largest absolute Gasteiger partial charge is 0.143 e. The van der Waals surface area contributed by atoms with Gasteiger partial charge in [0.05, 0.1) is 5.93 Å². The fourth-order valence-corrected chi connectivity index (χ4v) is 3.74. The first-order valence-electron chi connectivity index (χ1n) is 4.65. The Bertz CT molecular complexity index is 268. The van der Waals surface area contributed by atoms with Crippen LogP contribution in [0.2, 0.25) is 0 Å². The molecule has 0 atom stereocenters. The lowest BCUT2D eigenvalue weighted by Crippen LogP contribution is -1.99. The second-order valence-corrected chi connectivity index (χ2v) is 5.17. The van der Waals surface area contributed by atoms with Crippen molar-refractivity contribution in [3.05, 3.63) is 35.9 Å². The summed E-state index contributed by atoms with van der Waals surface area (Å²) >= 11 is 3.50. The average molecular weight is 197 g/mol. The quantitative estimate of drug-likeness (QED) is 0.675. The molecule has 0 aliphatic carbocycles. The summed E-state index contributed by atoms with van der Waals surface area (Å²) in [4.78, 5) is 0. The molecule has 0 nitrogen and oxygen atoms in total. The van der Waals surface area contributed by atoms with E-state index in [1.54, 1.807) is 23.5 Å². The van der Waals surface area contributed by atoms with Crippen molar-refractivity contribution in [2.75, 3.05) is 11.5 Å². The highest BCUT2D eigenvalue weighted by molar-refractivity contribution is 8.16. The van der Waals surface area contributed by atoms with Gasteiger partial charge >= 0.3 is 0 Å². The third kappa shape index (κ3) is 1.99. The zero-order valence-corrected chi connectivity index (χ0v) is 8.46. The summed E-state index contributed by atoms with van der Waals surface area (Å²) in [6, 6.07) is 10.1. The maximum atomic E-state index is 8.29. The van der Waals surface area contributed by atoms with E-state index in [4.69, 9.17) is 1.37 Å². The van der Waals surface area contributed by atoms with Crippen LogP contribution in [0.3, 0.4) is 0 Å². The molecule has 0 spiro atoms. The van der Waals surface area contributed by atoms with Crippen molar-refractivity contribution in [2.24, 2.45) is 0 Å². The molecule has 1 aromatic carbocycles. The van der Waals surface area contributed by atoms with E-state index in [0.29, 0.717) is 0 Å². The Kier molecular flexibility index (Phi) is 2.59. The maximum Gasteiger partial charge on any atom is 0.0751 e. The molecule has 0 unspecified atom stereocenters. The van der Waals surface area contributed by atoms with E-state index in [1.165, 1.54) is 6.42 Å². The number of benzene rings is 1. The summed E-state index contributed by atoms with van der Waals surface area (Å²) in [5.41, 5.74) is 1.13. The fourth-order valence-electron chi connectivity index (χ4n) is 1.17. The second-order valence-electron chi connectivity index (χ2n) is 2.70. The van der Waals surface area contributed by atoms with Gasteiger partial charge < -0.3 is 0 Å². The van der Waals surface area contributed by atoms with Crippen molar-refractivity contribution in [1.29, 1.82) is 0 Å². The van der Waals surface area contributed by atoms with Gasteiger partial charge in [-0.1, -0.05) is 30.3 Å². The summed E-state index contributed by atoms with van der Waals surface area (Å²) in [7, 11) is 0. The molecule has 1 aliphatic rings. The highest BCUT2D eigenvalue weighted by atomic mass is 32.2. The van der Waals surface area contributed by atoms with Gasteiger partial charge in [-0.25, -0.2) is 0 Å². The first-order valence-corrected chi connectivity index (χ1v) is 6.12. The van der Waals surface area contributed by atoms with Crippen LogP contribution in [-0.4, -0.2) is 11.5 Å². The van der Waals surface area contributed by atoms with Crippen LogP contribution in [-0.2, 0) is 0 Å². The molecule has 64 valence electrons. The van der Waals surface area contributed by atoms with Gasteiger partial charge in [0.25, 0.3) is 0 Å².